The summed E-state index contributed by atoms with van der Waals surface area (Å²) in [6.45, 7) is 26.8. The summed E-state index contributed by atoms with van der Waals surface area (Å²) in [6, 6.07) is 34.0. The molecule has 5 aromatic carbocycles. The summed E-state index contributed by atoms with van der Waals surface area (Å²) >= 11 is 0. The van der Waals surface area contributed by atoms with Crippen LogP contribution in [0.25, 0.3) is 68.1 Å². The highest BCUT2D eigenvalue weighted by molar-refractivity contribution is 5.78. The van der Waals surface area contributed by atoms with Gasteiger partial charge < -0.3 is 58.5 Å². The van der Waals surface area contributed by atoms with Gasteiger partial charge in [-0.15, -0.1) is 0 Å². The highest BCUT2D eigenvalue weighted by atomic mass is 19.2. The molecule has 770 valence electrons. The third kappa shape index (κ3) is 25.0. The second-order valence-corrected chi connectivity index (χ2v) is 42.2. The van der Waals surface area contributed by atoms with Crippen LogP contribution in [0.3, 0.4) is 0 Å². The quantitative estimate of drug-likeness (QED) is 0.0259. The molecule has 4 amide bonds. The summed E-state index contributed by atoms with van der Waals surface area (Å²) in [5.74, 6) is -0.484. The van der Waals surface area contributed by atoms with Crippen molar-refractivity contribution in [1.82, 2.24) is 109 Å². The van der Waals surface area contributed by atoms with E-state index in [4.69, 9.17) is 18.9 Å². The first-order valence-electron chi connectivity index (χ1n) is 50.0. The molecule has 0 unspecified atom stereocenters. The zero-order valence-corrected chi connectivity index (χ0v) is 84.2. The van der Waals surface area contributed by atoms with E-state index in [-0.39, 0.29) is 98.8 Å². The van der Waals surface area contributed by atoms with Gasteiger partial charge in [0.2, 0.25) is 23.8 Å². The van der Waals surface area contributed by atoms with Crippen LogP contribution in [0.1, 0.15) is 239 Å². The van der Waals surface area contributed by atoms with E-state index < -0.39 is 34.0 Å². The van der Waals surface area contributed by atoms with Gasteiger partial charge in [-0.25, -0.2) is 61.1 Å². The van der Waals surface area contributed by atoms with Gasteiger partial charge in [-0.2, -0.15) is 23.7 Å². The van der Waals surface area contributed by atoms with Crippen LogP contribution in [0.5, 0.6) is 0 Å². The van der Waals surface area contributed by atoms with Crippen molar-refractivity contribution in [3.05, 3.63) is 278 Å². The standard InChI is InChI=1S/C28H30F3N5O3.2C27H31FN6O3.C25H33N5O3/c1-28(2,3)39-27(38)35-12-10-17(11-13-35)24-19(9-6-16-4-7-18(29)8-5-16)25(37)36(34-24)26-32-22-14-20(30)21(31)15-23(22)33-26;1-27(2,3)37-26(36)33-14-11-18(12-15-33)23-20(9-6-17-4-7-19(28)8-5-17)24(35)34(32-23)25-30-21-10-13-29-16-22(21)31-25;1-27(2,3)37-26(36)33-15-12-18(13-16-33)22-20(11-8-17-6-9-19(28)10-7-17)24(35)34(32-22)25-30-21-5-4-14-29-23(21)31-25;1-25(2,3)33-24(32)29-14-12-16(13-15-29)8-11-18-21(17-9-10-17)28-30(22(18)31)23-26-19-6-4-5-7-20(19)27-23/h4-5,7-8,14-15,17,34H,6,9-13H2,1-3H3,(H,32,33);4-5,7-8,10,13,16,18,32H,6,9,11-12,14-15H2,1-3H3,(H,30,31);4-7,9-10,14,18,32H,8,11-13,15-16H2,1-3H3,(H,29,30,31);4-7,16-17,28H,8-15H2,1-3H3,(H,26,27). The molecule has 146 heavy (non-hydrogen) atoms. The van der Waals surface area contributed by atoms with Crippen LogP contribution in [0.2, 0.25) is 0 Å². The fraction of sp³-hybridized carbons (Fsp3) is 0.439. The number of rotatable bonds is 20. The maximum absolute atomic E-state index is 13.8. The number of amides is 4. The van der Waals surface area contributed by atoms with Crippen molar-refractivity contribution in [3.8, 4) is 23.8 Å². The molecule has 4 aliphatic heterocycles. The van der Waals surface area contributed by atoms with Crippen molar-refractivity contribution in [1.29, 1.82) is 0 Å². The van der Waals surface area contributed by atoms with Crippen LogP contribution in [0.4, 0.5) is 41.1 Å². The first-order chi connectivity index (χ1) is 69.6. The number of nitrogens with zero attached hydrogens (tertiary/aromatic N) is 14. The maximum Gasteiger partial charge on any atom is 0.410 e. The zero-order valence-electron chi connectivity index (χ0n) is 84.2. The lowest BCUT2D eigenvalue weighted by atomic mass is 9.90. The molecule has 0 atom stereocenters. The molecule has 5 aliphatic rings. The number of para-hydroxylation sites is 2. The van der Waals surface area contributed by atoms with Crippen LogP contribution in [-0.2, 0) is 63.9 Å². The molecule has 5 fully saturated rings. The Bertz CT molecular complexity index is 7060. The van der Waals surface area contributed by atoms with E-state index in [1.54, 1.807) is 86.5 Å². The number of nitrogens with one attached hydrogen (secondary N) is 8. The smallest absolute Gasteiger partial charge is 0.410 e. The van der Waals surface area contributed by atoms with Gasteiger partial charge in [-0.3, -0.25) is 44.6 Å². The van der Waals surface area contributed by atoms with Crippen LogP contribution in [0, 0.1) is 35.0 Å². The Morgan fingerprint density at radius 2 is 0.658 bits per heavy atom. The normalized spacial score (nSPS) is 15.5. The molecule has 4 saturated heterocycles. The molecule has 0 bridgehead atoms. The van der Waals surface area contributed by atoms with Crippen LogP contribution >= 0.6 is 0 Å². The lowest BCUT2D eigenvalue weighted by Gasteiger charge is -2.33. The van der Waals surface area contributed by atoms with E-state index >= 15 is 0 Å². The molecular formula is C107H125F5N22O12. The monoisotopic (exact) mass is 2000 g/mol. The number of halogens is 5. The molecule has 15 aromatic rings. The largest absolute Gasteiger partial charge is 0.444 e. The number of benzene rings is 5. The van der Waals surface area contributed by atoms with Crippen LogP contribution in [0.15, 0.2) is 165 Å². The number of aromatic amines is 8. The Morgan fingerprint density at radius 1 is 0.336 bits per heavy atom. The predicted molar refractivity (Wildman–Crippen MR) is 541 cm³/mol. The lowest BCUT2D eigenvalue weighted by Crippen LogP contribution is -2.41. The van der Waals surface area contributed by atoms with E-state index in [9.17, 15) is 60.3 Å². The van der Waals surface area contributed by atoms with Gasteiger partial charge in [-0.05, 0) is 288 Å². The van der Waals surface area contributed by atoms with E-state index in [1.807, 2.05) is 118 Å². The fourth-order valence-corrected chi connectivity index (χ4v) is 19.1. The number of carbonyl (C=O) groups excluding carboxylic acids is 4. The number of ether oxygens (including phenoxy) is 4. The third-order valence-corrected chi connectivity index (χ3v) is 26.8. The van der Waals surface area contributed by atoms with Crippen molar-refractivity contribution in [2.24, 2.45) is 5.92 Å². The summed E-state index contributed by atoms with van der Waals surface area (Å²) < 4.78 is 95.4. The topological polar surface area (TPSA) is 410 Å². The second-order valence-electron chi connectivity index (χ2n) is 42.2. The summed E-state index contributed by atoms with van der Waals surface area (Å²) in [4.78, 5) is 150. The van der Waals surface area contributed by atoms with Gasteiger partial charge in [0.05, 0.1) is 44.8 Å². The molecule has 1 saturated carbocycles. The van der Waals surface area contributed by atoms with Crippen molar-refractivity contribution >= 4 is 68.6 Å². The van der Waals surface area contributed by atoms with Crippen molar-refractivity contribution in [3.63, 3.8) is 0 Å². The Morgan fingerprint density at radius 3 is 1.03 bits per heavy atom. The van der Waals surface area contributed by atoms with Crippen LogP contribution in [-0.4, -0.2) is 208 Å². The van der Waals surface area contributed by atoms with Crippen molar-refractivity contribution in [2.75, 3.05) is 52.4 Å². The van der Waals surface area contributed by atoms with Gasteiger partial charge in [0, 0.05) is 146 Å². The van der Waals surface area contributed by atoms with E-state index in [0.717, 1.165) is 118 Å². The molecule has 39 heteroatoms. The summed E-state index contributed by atoms with van der Waals surface area (Å²) in [6.07, 6.45) is 16.7. The number of hydrogen-bond donors (Lipinski definition) is 8. The van der Waals surface area contributed by atoms with Gasteiger partial charge in [0.25, 0.3) is 22.2 Å². The third-order valence-electron chi connectivity index (χ3n) is 26.8. The number of piperidine rings is 4. The number of carbonyl (C=O) groups is 4. The number of aromatic nitrogens is 18. The fourth-order valence-electron chi connectivity index (χ4n) is 19.1. The van der Waals surface area contributed by atoms with Crippen LogP contribution < -0.4 is 22.2 Å². The number of likely N-dealkylation sites (tertiary alicyclic amines) is 4. The molecule has 0 radical (unpaired) electrons. The molecule has 0 spiro atoms. The molecule has 20 rings (SSSR count). The first kappa shape index (κ1) is 103. The summed E-state index contributed by atoms with van der Waals surface area (Å²) in [7, 11) is 0. The minimum atomic E-state index is -1.03. The first-order valence-corrected chi connectivity index (χ1v) is 50.0. The number of aryl methyl sites for hydroxylation is 3. The average molecular weight is 2010 g/mol. The second kappa shape index (κ2) is 43.1. The minimum Gasteiger partial charge on any atom is -0.444 e. The average Bonchev–Trinajstić information content (AvgIpc) is 1.62. The van der Waals surface area contributed by atoms with E-state index in [2.05, 4.69) is 70.2 Å². The lowest BCUT2D eigenvalue weighted by molar-refractivity contribution is 0.0175. The molecule has 14 heterocycles. The van der Waals surface area contributed by atoms with Gasteiger partial charge in [0.1, 0.15) is 39.9 Å². The summed E-state index contributed by atoms with van der Waals surface area (Å²) in [5, 5.41) is 13.2. The number of pyridine rings is 2. The van der Waals surface area contributed by atoms with E-state index in [0.29, 0.717) is 187 Å². The van der Waals surface area contributed by atoms with Crippen molar-refractivity contribution in [2.45, 2.75) is 245 Å². The van der Waals surface area contributed by atoms with Gasteiger partial charge in [0.15, 0.2) is 17.3 Å². The number of hydrogen-bond acceptors (Lipinski definition) is 18. The summed E-state index contributed by atoms with van der Waals surface area (Å²) in [5.41, 5.74) is 11.2. The zero-order chi connectivity index (χ0) is 103. The molecule has 1 aliphatic carbocycles. The van der Waals surface area contributed by atoms with E-state index in [1.165, 1.54) is 50.4 Å². The Hall–Kier alpha value is -15.0. The SMILES string of the molecule is CC(C)(C)OC(=O)N1CCC(CCc2c(C3CC3)[nH]n(-c3nc4ccccc4[nH]3)c2=O)CC1.CC(C)(C)OC(=O)N1CCC(c2[nH]n(-c3nc4cc(F)c(F)cc4[nH]3)c(=O)c2CCc2ccc(F)cc2)CC1.CC(C)(C)OC(=O)N1CCC(c2[nH]n(-c3nc4ccncc4[nH]3)c(=O)c2CCc2ccc(F)cc2)CC1.CC(C)(C)OC(=O)N1CCC(c2[nH]n(-c3nc4ncccc4[nH]3)c(=O)c2CCc2ccc(F)cc2)CC1. The maximum atomic E-state index is 13.8. The Balaban J connectivity index is 0.000000133. The van der Waals surface area contributed by atoms with Gasteiger partial charge >= 0.3 is 24.4 Å². The molecule has 34 nitrogen and oxygen atoms in total. The number of H-pyrrole nitrogens is 8. The Labute approximate surface area is 838 Å². The number of imidazole rings is 4. The molecule has 8 N–H and O–H groups in total. The molecular weight excluding hydrogens is 1880 g/mol. The minimum absolute atomic E-state index is 0.00199. The van der Waals surface area contributed by atoms with Crippen molar-refractivity contribution < 1.29 is 60.1 Å². The highest BCUT2D eigenvalue weighted by Gasteiger charge is 2.38. The highest BCUT2D eigenvalue weighted by Crippen LogP contribution is 2.42. The predicted octanol–water partition coefficient (Wildman–Crippen LogP) is 18.8. The Kier molecular flexibility index (Phi) is 30.3. The molecule has 10 aromatic heterocycles. The number of fused-ring (bicyclic) bond motifs is 4. The van der Waals surface area contributed by atoms with Gasteiger partial charge in [-0.1, -0.05) is 48.5 Å².